The molecule has 31 heavy (non-hydrogen) atoms. The number of hydrogen-bond acceptors (Lipinski definition) is 4. The molecule has 0 spiro atoms. The maximum atomic E-state index is 13.2. The average molecular weight is 427 g/mol. The number of nitrogens with zero attached hydrogens (tertiary/aromatic N) is 1. The van der Waals surface area contributed by atoms with Crippen molar-refractivity contribution in [2.75, 3.05) is 11.9 Å². The van der Waals surface area contributed by atoms with Crippen molar-refractivity contribution in [3.8, 4) is 17.0 Å². The van der Waals surface area contributed by atoms with Gasteiger partial charge in [0.15, 0.2) is 5.13 Å². The average Bonchev–Trinajstić information content (AvgIpc) is 3.27. The van der Waals surface area contributed by atoms with E-state index in [2.05, 4.69) is 10.3 Å². The predicted molar refractivity (Wildman–Crippen MR) is 128 cm³/mol. The number of para-hydroxylation sites is 1. The molecule has 1 amide bonds. The Balaban J connectivity index is 1.61. The van der Waals surface area contributed by atoms with Crippen LogP contribution in [0.5, 0.6) is 5.75 Å². The molecule has 5 heteroatoms. The number of rotatable bonds is 7. The van der Waals surface area contributed by atoms with E-state index in [-0.39, 0.29) is 5.91 Å². The number of carbonyl (C=O) groups excluding carboxylic acids is 1. The SMILES string of the molecule is CCOc1ccccc1-c1csc(NC(=O)/C(=C/c2ccccc2)c2ccccc2)n1. The largest absolute Gasteiger partial charge is 0.493 e. The first-order valence-corrected chi connectivity index (χ1v) is 10.9. The Hall–Kier alpha value is -3.70. The molecule has 0 bridgehead atoms. The second-order valence-electron chi connectivity index (χ2n) is 6.76. The molecular weight excluding hydrogens is 404 g/mol. The standard InChI is InChI=1S/C26H22N2O2S/c1-2-30-24-16-10-9-15-21(24)23-18-31-26(27-23)28-25(29)22(20-13-7-4-8-14-20)17-19-11-5-3-6-12-19/h3-18H,2H2,1H3,(H,27,28,29)/b22-17+. The van der Waals surface area contributed by atoms with Crippen molar-refractivity contribution in [3.05, 3.63) is 101 Å². The van der Waals surface area contributed by atoms with Gasteiger partial charge in [0.2, 0.25) is 0 Å². The molecule has 154 valence electrons. The fraction of sp³-hybridized carbons (Fsp3) is 0.0769. The highest BCUT2D eigenvalue weighted by atomic mass is 32.1. The van der Waals surface area contributed by atoms with E-state index >= 15 is 0 Å². The fourth-order valence-electron chi connectivity index (χ4n) is 3.19. The molecule has 3 aromatic carbocycles. The van der Waals surface area contributed by atoms with Gasteiger partial charge in [-0.2, -0.15) is 0 Å². The summed E-state index contributed by atoms with van der Waals surface area (Å²) >= 11 is 1.39. The lowest BCUT2D eigenvalue weighted by molar-refractivity contribution is -0.111. The molecule has 0 atom stereocenters. The Morgan fingerprint density at radius 2 is 1.65 bits per heavy atom. The van der Waals surface area contributed by atoms with Crippen LogP contribution in [0, 0.1) is 0 Å². The predicted octanol–water partition coefficient (Wildman–Crippen LogP) is 6.39. The Morgan fingerprint density at radius 3 is 2.39 bits per heavy atom. The van der Waals surface area contributed by atoms with Crippen molar-refractivity contribution >= 4 is 34.0 Å². The third kappa shape index (κ3) is 5.08. The van der Waals surface area contributed by atoms with Gasteiger partial charge in [0.05, 0.1) is 12.3 Å². The first-order valence-electron chi connectivity index (χ1n) is 10.1. The van der Waals surface area contributed by atoms with Crippen LogP contribution in [0.15, 0.2) is 90.3 Å². The highest BCUT2D eigenvalue weighted by Crippen LogP contribution is 2.32. The van der Waals surface area contributed by atoms with Crippen molar-refractivity contribution in [2.24, 2.45) is 0 Å². The van der Waals surface area contributed by atoms with Gasteiger partial charge in [-0.3, -0.25) is 10.1 Å². The first-order chi connectivity index (χ1) is 15.2. The van der Waals surface area contributed by atoms with E-state index in [0.29, 0.717) is 17.3 Å². The Labute approximate surface area is 185 Å². The van der Waals surface area contributed by atoms with E-state index in [9.17, 15) is 4.79 Å². The number of nitrogens with one attached hydrogen (secondary N) is 1. The zero-order valence-electron chi connectivity index (χ0n) is 17.1. The van der Waals surface area contributed by atoms with Gasteiger partial charge in [-0.15, -0.1) is 11.3 Å². The van der Waals surface area contributed by atoms with E-state index in [0.717, 1.165) is 28.1 Å². The van der Waals surface area contributed by atoms with Crippen LogP contribution in [0.25, 0.3) is 22.9 Å². The number of thiazole rings is 1. The number of hydrogen-bond donors (Lipinski definition) is 1. The van der Waals surface area contributed by atoms with Crippen molar-refractivity contribution in [2.45, 2.75) is 6.92 Å². The van der Waals surface area contributed by atoms with Crippen molar-refractivity contribution in [1.29, 1.82) is 0 Å². The zero-order valence-corrected chi connectivity index (χ0v) is 17.9. The monoisotopic (exact) mass is 426 g/mol. The molecule has 4 rings (SSSR count). The molecule has 0 unspecified atom stereocenters. The molecule has 4 nitrogen and oxygen atoms in total. The number of aromatic nitrogens is 1. The van der Waals surface area contributed by atoms with Gasteiger partial charge >= 0.3 is 0 Å². The number of carbonyl (C=O) groups is 1. The van der Waals surface area contributed by atoms with Crippen LogP contribution in [0.2, 0.25) is 0 Å². The highest BCUT2D eigenvalue weighted by molar-refractivity contribution is 7.14. The topological polar surface area (TPSA) is 51.2 Å². The molecule has 1 heterocycles. The lowest BCUT2D eigenvalue weighted by Gasteiger charge is -2.09. The fourth-order valence-corrected chi connectivity index (χ4v) is 3.90. The smallest absolute Gasteiger partial charge is 0.258 e. The van der Waals surface area contributed by atoms with Gasteiger partial charge in [0.25, 0.3) is 5.91 Å². The minimum atomic E-state index is -0.200. The Bertz CT molecular complexity index is 1180. The molecule has 1 aromatic heterocycles. The summed E-state index contributed by atoms with van der Waals surface area (Å²) < 4.78 is 5.71. The second-order valence-corrected chi connectivity index (χ2v) is 7.61. The van der Waals surface area contributed by atoms with E-state index < -0.39 is 0 Å². The van der Waals surface area contributed by atoms with Gasteiger partial charge in [-0.05, 0) is 36.3 Å². The van der Waals surface area contributed by atoms with Gasteiger partial charge < -0.3 is 4.74 Å². The van der Waals surface area contributed by atoms with Crippen LogP contribution < -0.4 is 10.1 Å². The summed E-state index contributed by atoms with van der Waals surface area (Å²) in [6.45, 7) is 2.53. The maximum absolute atomic E-state index is 13.2. The molecule has 4 aromatic rings. The van der Waals surface area contributed by atoms with Crippen LogP contribution in [0.1, 0.15) is 18.1 Å². The van der Waals surface area contributed by atoms with Crippen LogP contribution >= 0.6 is 11.3 Å². The molecular formula is C26H22N2O2S. The van der Waals surface area contributed by atoms with Crippen molar-refractivity contribution in [1.82, 2.24) is 4.98 Å². The summed E-state index contributed by atoms with van der Waals surface area (Å²) in [5, 5.41) is 5.43. The van der Waals surface area contributed by atoms with Crippen LogP contribution in [-0.2, 0) is 4.79 Å². The summed E-state index contributed by atoms with van der Waals surface area (Å²) in [5.74, 6) is 0.580. The lowest BCUT2D eigenvalue weighted by Crippen LogP contribution is -2.13. The third-order valence-corrected chi connectivity index (χ3v) is 5.39. The van der Waals surface area contributed by atoms with E-state index in [1.807, 2.05) is 103 Å². The first kappa shape index (κ1) is 20.6. The minimum Gasteiger partial charge on any atom is -0.493 e. The van der Waals surface area contributed by atoms with Crippen molar-refractivity contribution in [3.63, 3.8) is 0 Å². The number of ether oxygens (including phenoxy) is 1. The van der Waals surface area contributed by atoms with Crippen LogP contribution in [-0.4, -0.2) is 17.5 Å². The van der Waals surface area contributed by atoms with Crippen LogP contribution in [0.4, 0.5) is 5.13 Å². The van der Waals surface area contributed by atoms with Gasteiger partial charge in [-0.25, -0.2) is 4.98 Å². The number of benzene rings is 3. The summed E-state index contributed by atoms with van der Waals surface area (Å²) in [6.07, 6.45) is 1.89. The molecule has 0 fully saturated rings. The highest BCUT2D eigenvalue weighted by Gasteiger charge is 2.16. The van der Waals surface area contributed by atoms with Crippen molar-refractivity contribution < 1.29 is 9.53 Å². The molecule has 1 N–H and O–H groups in total. The lowest BCUT2D eigenvalue weighted by atomic mass is 10.0. The summed E-state index contributed by atoms with van der Waals surface area (Å²) in [4.78, 5) is 17.8. The zero-order chi connectivity index (χ0) is 21.5. The Morgan fingerprint density at radius 1 is 0.968 bits per heavy atom. The third-order valence-electron chi connectivity index (χ3n) is 4.63. The number of amides is 1. The number of anilines is 1. The summed E-state index contributed by atoms with van der Waals surface area (Å²) in [7, 11) is 0. The molecule has 0 saturated heterocycles. The normalized spacial score (nSPS) is 11.2. The quantitative estimate of drug-likeness (QED) is 0.275. The molecule has 0 saturated carbocycles. The second kappa shape index (κ2) is 9.87. The van der Waals surface area contributed by atoms with Gasteiger partial charge in [0, 0.05) is 16.5 Å². The summed E-state index contributed by atoms with van der Waals surface area (Å²) in [5.41, 5.74) is 4.07. The van der Waals surface area contributed by atoms with E-state index in [4.69, 9.17) is 4.74 Å². The van der Waals surface area contributed by atoms with Gasteiger partial charge in [0.1, 0.15) is 5.75 Å². The maximum Gasteiger partial charge on any atom is 0.258 e. The van der Waals surface area contributed by atoms with E-state index in [1.54, 1.807) is 0 Å². The van der Waals surface area contributed by atoms with Crippen LogP contribution in [0.3, 0.4) is 0 Å². The van der Waals surface area contributed by atoms with Gasteiger partial charge in [-0.1, -0.05) is 72.8 Å². The molecule has 0 aliphatic rings. The molecule has 0 aliphatic carbocycles. The molecule has 0 aliphatic heterocycles. The van der Waals surface area contributed by atoms with E-state index in [1.165, 1.54) is 11.3 Å². The summed E-state index contributed by atoms with van der Waals surface area (Å²) in [6, 6.07) is 27.2. The molecule has 0 radical (unpaired) electrons. The minimum absolute atomic E-state index is 0.200. The Kier molecular flexibility index (Phi) is 6.55.